The van der Waals surface area contributed by atoms with Gasteiger partial charge in [-0.1, -0.05) is 6.07 Å². The van der Waals surface area contributed by atoms with E-state index in [4.69, 9.17) is 10.7 Å². The van der Waals surface area contributed by atoms with Crippen molar-refractivity contribution in [2.75, 3.05) is 50.0 Å². The maximum Gasteiger partial charge on any atom is 0.253 e. The monoisotopic (exact) mass is 485 g/mol. The Morgan fingerprint density at radius 3 is 2.42 bits per heavy atom. The molecule has 9 nitrogen and oxygen atoms in total. The van der Waals surface area contributed by atoms with Gasteiger partial charge in [-0.3, -0.25) is 9.59 Å². The van der Waals surface area contributed by atoms with Gasteiger partial charge in [0.1, 0.15) is 0 Å². The number of amides is 2. The van der Waals surface area contributed by atoms with Crippen LogP contribution in [0.5, 0.6) is 0 Å². The molecule has 0 atom stereocenters. The molecule has 1 aromatic heterocycles. The first-order valence-corrected chi connectivity index (χ1v) is 12.2. The maximum absolute atomic E-state index is 12.8. The van der Waals surface area contributed by atoms with Crippen LogP contribution < -0.4 is 16.0 Å². The molecule has 2 aliphatic heterocycles. The van der Waals surface area contributed by atoms with Crippen molar-refractivity contribution in [1.29, 1.82) is 0 Å². The molecular formula is C27H31N7O2. The zero-order valence-electron chi connectivity index (χ0n) is 20.7. The van der Waals surface area contributed by atoms with E-state index < -0.39 is 5.91 Å². The van der Waals surface area contributed by atoms with Crippen LogP contribution in [-0.4, -0.2) is 71.4 Å². The highest BCUT2D eigenvalue weighted by Crippen LogP contribution is 2.28. The van der Waals surface area contributed by atoms with E-state index in [1.165, 1.54) is 0 Å². The van der Waals surface area contributed by atoms with Gasteiger partial charge in [-0.05, 0) is 55.9 Å². The number of nitrogens with zero attached hydrogens (tertiary/aromatic N) is 5. The van der Waals surface area contributed by atoms with Gasteiger partial charge in [0.25, 0.3) is 5.91 Å². The summed E-state index contributed by atoms with van der Waals surface area (Å²) in [6.07, 6.45) is 2.63. The van der Waals surface area contributed by atoms with Crippen LogP contribution in [0, 0.1) is 6.92 Å². The van der Waals surface area contributed by atoms with E-state index in [1.54, 1.807) is 6.07 Å². The van der Waals surface area contributed by atoms with Crippen LogP contribution in [0.2, 0.25) is 0 Å². The van der Waals surface area contributed by atoms with Crippen LogP contribution in [0.4, 0.5) is 17.3 Å². The molecule has 0 bridgehead atoms. The molecule has 2 amide bonds. The molecule has 0 saturated carbocycles. The quantitative estimate of drug-likeness (QED) is 0.572. The second-order valence-electron chi connectivity index (χ2n) is 9.50. The number of likely N-dealkylation sites (N-methyl/N-ethyl adjacent to an activating group) is 1. The molecule has 1 fully saturated rings. The van der Waals surface area contributed by atoms with Gasteiger partial charge >= 0.3 is 0 Å². The fraction of sp³-hybridized carbons (Fsp3) is 0.333. The Hall–Kier alpha value is -3.98. The highest BCUT2D eigenvalue weighted by Gasteiger charge is 2.22. The van der Waals surface area contributed by atoms with Crippen LogP contribution in [0.3, 0.4) is 0 Å². The molecular weight excluding hydrogens is 454 g/mol. The fourth-order valence-corrected chi connectivity index (χ4v) is 4.70. The highest BCUT2D eigenvalue weighted by molar-refractivity contribution is 5.95. The first-order valence-electron chi connectivity index (χ1n) is 12.2. The van der Waals surface area contributed by atoms with Crippen LogP contribution >= 0.6 is 0 Å². The highest BCUT2D eigenvalue weighted by atomic mass is 16.2. The minimum Gasteiger partial charge on any atom is -0.366 e. The minimum absolute atomic E-state index is 0.0702. The van der Waals surface area contributed by atoms with E-state index in [9.17, 15) is 9.59 Å². The number of carbonyl (C=O) groups excluding carboxylic acids is 2. The topological polar surface area (TPSA) is 108 Å². The molecule has 36 heavy (non-hydrogen) atoms. The predicted molar refractivity (Wildman–Crippen MR) is 140 cm³/mol. The normalized spacial score (nSPS) is 15.9. The smallest absolute Gasteiger partial charge is 0.253 e. The second-order valence-corrected chi connectivity index (χ2v) is 9.50. The summed E-state index contributed by atoms with van der Waals surface area (Å²) in [6, 6.07) is 13.0. The Morgan fingerprint density at radius 1 is 0.972 bits per heavy atom. The van der Waals surface area contributed by atoms with Gasteiger partial charge in [0.05, 0.1) is 5.69 Å². The van der Waals surface area contributed by atoms with E-state index in [1.807, 2.05) is 54.4 Å². The number of nitrogens with one attached hydrogen (secondary N) is 1. The van der Waals surface area contributed by atoms with Crippen molar-refractivity contribution in [2.24, 2.45) is 5.73 Å². The predicted octanol–water partition coefficient (Wildman–Crippen LogP) is 2.58. The summed E-state index contributed by atoms with van der Waals surface area (Å²) in [6.45, 7) is 6.80. The van der Waals surface area contributed by atoms with E-state index in [-0.39, 0.29) is 5.91 Å². The number of carbonyl (C=O) groups is 2. The summed E-state index contributed by atoms with van der Waals surface area (Å²) < 4.78 is 0. The van der Waals surface area contributed by atoms with E-state index in [0.29, 0.717) is 23.6 Å². The minimum atomic E-state index is -0.426. The van der Waals surface area contributed by atoms with E-state index in [2.05, 4.69) is 27.1 Å². The third kappa shape index (κ3) is 5.01. The summed E-state index contributed by atoms with van der Waals surface area (Å²) in [5.41, 5.74) is 11.7. The summed E-state index contributed by atoms with van der Waals surface area (Å²) in [7, 11) is 2.08. The Morgan fingerprint density at radius 2 is 1.69 bits per heavy atom. The average molecular weight is 486 g/mol. The number of rotatable bonds is 5. The summed E-state index contributed by atoms with van der Waals surface area (Å²) in [5.74, 6) is 0.178. The van der Waals surface area contributed by atoms with Gasteiger partial charge in [0.2, 0.25) is 11.9 Å². The third-order valence-electron chi connectivity index (χ3n) is 6.95. The lowest BCUT2D eigenvalue weighted by Crippen LogP contribution is -2.47. The standard InChI is InChI=1S/C27H31N7O2/c1-18-3-4-20(25(28)35)15-24(18)34-10-9-23-21(17-34)16-29-27(31-23)30-22-7-5-19(6-8-22)26(36)33-13-11-32(2)12-14-33/h3-8,15-16H,9-14,17H2,1-2H3,(H2,28,35)(H,29,30,31). The number of nitrogens with two attached hydrogens (primary N) is 1. The molecule has 0 radical (unpaired) electrons. The van der Waals surface area contributed by atoms with Crippen molar-refractivity contribution in [3.63, 3.8) is 0 Å². The number of fused-ring (bicyclic) bond motifs is 1. The SMILES string of the molecule is Cc1ccc(C(N)=O)cc1N1CCc2nc(Nc3ccc(C(=O)N4CCN(C)CC4)cc3)ncc2C1. The molecule has 9 heteroatoms. The number of hydrogen-bond donors (Lipinski definition) is 2. The lowest BCUT2D eigenvalue weighted by Gasteiger charge is -2.32. The van der Waals surface area contributed by atoms with Crippen molar-refractivity contribution in [1.82, 2.24) is 19.8 Å². The molecule has 0 aliphatic carbocycles. The number of hydrogen-bond acceptors (Lipinski definition) is 7. The fourth-order valence-electron chi connectivity index (χ4n) is 4.70. The summed E-state index contributed by atoms with van der Waals surface area (Å²) in [4.78, 5) is 40.0. The first kappa shape index (κ1) is 23.7. The summed E-state index contributed by atoms with van der Waals surface area (Å²) >= 11 is 0. The van der Waals surface area contributed by atoms with Crippen molar-refractivity contribution >= 4 is 29.1 Å². The Labute approximate surface area is 210 Å². The lowest BCUT2D eigenvalue weighted by atomic mass is 10.0. The number of aryl methyl sites for hydroxylation is 1. The Bertz CT molecular complexity index is 1280. The van der Waals surface area contributed by atoms with Crippen molar-refractivity contribution in [3.8, 4) is 0 Å². The first-order chi connectivity index (χ1) is 17.4. The van der Waals surface area contributed by atoms with Crippen molar-refractivity contribution in [3.05, 3.63) is 76.6 Å². The molecule has 5 rings (SSSR count). The number of anilines is 3. The third-order valence-corrected chi connectivity index (χ3v) is 6.95. The maximum atomic E-state index is 12.8. The zero-order valence-corrected chi connectivity index (χ0v) is 20.7. The molecule has 186 valence electrons. The number of primary amides is 1. The van der Waals surface area contributed by atoms with Crippen LogP contribution in [0.1, 0.15) is 37.5 Å². The Kier molecular flexibility index (Phi) is 6.56. The molecule has 3 aromatic rings. The van der Waals surface area contributed by atoms with Gasteiger partial charge < -0.3 is 25.8 Å². The number of benzene rings is 2. The van der Waals surface area contributed by atoms with E-state index >= 15 is 0 Å². The molecule has 2 aliphatic rings. The van der Waals surface area contributed by atoms with Gasteiger partial charge in [-0.25, -0.2) is 9.97 Å². The van der Waals surface area contributed by atoms with Gasteiger partial charge in [0.15, 0.2) is 0 Å². The van der Waals surface area contributed by atoms with E-state index in [0.717, 1.165) is 67.3 Å². The van der Waals surface area contributed by atoms with Gasteiger partial charge in [0, 0.05) is 80.0 Å². The Balaban J connectivity index is 1.25. The molecule has 1 saturated heterocycles. The molecule has 0 unspecified atom stereocenters. The second kappa shape index (κ2) is 9.94. The molecule has 2 aromatic carbocycles. The zero-order chi connectivity index (χ0) is 25.2. The number of aromatic nitrogens is 2. The summed E-state index contributed by atoms with van der Waals surface area (Å²) in [5, 5.41) is 3.26. The van der Waals surface area contributed by atoms with Crippen LogP contribution in [0.25, 0.3) is 0 Å². The van der Waals surface area contributed by atoms with Crippen LogP contribution in [-0.2, 0) is 13.0 Å². The van der Waals surface area contributed by atoms with Crippen molar-refractivity contribution in [2.45, 2.75) is 19.9 Å². The van der Waals surface area contributed by atoms with Gasteiger partial charge in [-0.15, -0.1) is 0 Å². The number of piperazine rings is 1. The van der Waals surface area contributed by atoms with Gasteiger partial charge in [-0.2, -0.15) is 0 Å². The van der Waals surface area contributed by atoms with Crippen LogP contribution in [0.15, 0.2) is 48.7 Å². The molecule has 3 N–H and O–H groups in total. The largest absolute Gasteiger partial charge is 0.366 e. The van der Waals surface area contributed by atoms with Crippen molar-refractivity contribution < 1.29 is 9.59 Å². The molecule has 3 heterocycles. The molecule has 0 spiro atoms. The average Bonchev–Trinajstić information content (AvgIpc) is 2.89. The lowest BCUT2D eigenvalue weighted by molar-refractivity contribution is 0.0664.